The average molecular weight is 249 g/mol. The van der Waals surface area contributed by atoms with E-state index in [1.54, 1.807) is 7.11 Å². The molecule has 0 saturated heterocycles. The standard InChI is InChI=1S/C14H19NO3/c1-5-13(14(16)18-4)15-10(2)11-7-6-8-12(9-11)17-3/h5-10,13,15H,1H2,2-4H3/t10-,13?/m0/s1. The van der Waals surface area contributed by atoms with Gasteiger partial charge in [0.2, 0.25) is 0 Å². The lowest BCUT2D eigenvalue weighted by Crippen LogP contribution is -2.37. The number of carbonyl (C=O) groups excluding carboxylic acids is 1. The summed E-state index contributed by atoms with van der Waals surface area (Å²) >= 11 is 0. The van der Waals surface area contributed by atoms with Gasteiger partial charge in [-0.05, 0) is 24.6 Å². The molecule has 0 aliphatic heterocycles. The van der Waals surface area contributed by atoms with Crippen LogP contribution < -0.4 is 10.1 Å². The number of benzene rings is 1. The van der Waals surface area contributed by atoms with Crippen LogP contribution in [0.1, 0.15) is 18.5 Å². The normalized spacial score (nSPS) is 13.5. The van der Waals surface area contributed by atoms with Crippen molar-refractivity contribution in [3.63, 3.8) is 0 Å². The molecule has 1 N–H and O–H groups in total. The highest BCUT2D eigenvalue weighted by Gasteiger charge is 2.18. The van der Waals surface area contributed by atoms with Crippen molar-refractivity contribution in [2.75, 3.05) is 14.2 Å². The van der Waals surface area contributed by atoms with Gasteiger partial charge < -0.3 is 9.47 Å². The molecule has 0 heterocycles. The van der Waals surface area contributed by atoms with Crippen LogP contribution in [0.3, 0.4) is 0 Å². The molecule has 0 aromatic heterocycles. The van der Waals surface area contributed by atoms with E-state index in [2.05, 4.69) is 16.6 Å². The van der Waals surface area contributed by atoms with Crippen LogP contribution in [-0.2, 0) is 9.53 Å². The van der Waals surface area contributed by atoms with Crippen molar-refractivity contribution >= 4 is 5.97 Å². The molecule has 1 aromatic carbocycles. The van der Waals surface area contributed by atoms with Crippen molar-refractivity contribution in [1.82, 2.24) is 5.32 Å². The van der Waals surface area contributed by atoms with Crippen LogP contribution in [-0.4, -0.2) is 26.2 Å². The van der Waals surface area contributed by atoms with Gasteiger partial charge in [0.15, 0.2) is 0 Å². The molecule has 1 rings (SSSR count). The van der Waals surface area contributed by atoms with Crippen LogP contribution in [0.5, 0.6) is 5.75 Å². The van der Waals surface area contributed by atoms with Gasteiger partial charge in [-0.1, -0.05) is 18.2 Å². The van der Waals surface area contributed by atoms with Crippen molar-refractivity contribution in [3.8, 4) is 5.75 Å². The van der Waals surface area contributed by atoms with Gasteiger partial charge in [-0.15, -0.1) is 6.58 Å². The van der Waals surface area contributed by atoms with Crippen LogP contribution in [0.25, 0.3) is 0 Å². The molecule has 0 saturated carbocycles. The molecule has 1 unspecified atom stereocenters. The smallest absolute Gasteiger partial charge is 0.326 e. The summed E-state index contributed by atoms with van der Waals surface area (Å²) in [6.07, 6.45) is 1.53. The average Bonchev–Trinajstić information content (AvgIpc) is 2.43. The molecule has 0 spiro atoms. The van der Waals surface area contributed by atoms with E-state index in [4.69, 9.17) is 4.74 Å². The van der Waals surface area contributed by atoms with Crippen LogP contribution in [0.15, 0.2) is 36.9 Å². The first kappa shape index (κ1) is 14.3. The van der Waals surface area contributed by atoms with E-state index in [9.17, 15) is 4.79 Å². The molecule has 1 aromatic rings. The van der Waals surface area contributed by atoms with E-state index in [-0.39, 0.29) is 12.0 Å². The number of hydrogen-bond acceptors (Lipinski definition) is 4. The molecule has 0 bridgehead atoms. The Labute approximate surface area is 108 Å². The maximum absolute atomic E-state index is 11.5. The van der Waals surface area contributed by atoms with Crippen molar-refractivity contribution < 1.29 is 14.3 Å². The van der Waals surface area contributed by atoms with Crippen molar-refractivity contribution in [1.29, 1.82) is 0 Å². The number of methoxy groups -OCH3 is 2. The molecule has 0 fully saturated rings. The van der Waals surface area contributed by atoms with Crippen molar-refractivity contribution in [3.05, 3.63) is 42.5 Å². The zero-order valence-corrected chi connectivity index (χ0v) is 11.0. The minimum absolute atomic E-state index is 0.0119. The number of carbonyl (C=O) groups is 1. The van der Waals surface area contributed by atoms with Gasteiger partial charge in [-0.2, -0.15) is 0 Å². The zero-order valence-electron chi connectivity index (χ0n) is 11.0. The van der Waals surface area contributed by atoms with Crippen molar-refractivity contribution in [2.24, 2.45) is 0 Å². The topological polar surface area (TPSA) is 47.6 Å². The van der Waals surface area contributed by atoms with E-state index >= 15 is 0 Å². The molecule has 2 atom stereocenters. The minimum Gasteiger partial charge on any atom is -0.497 e. The fourth-order valence-corrected chi connectivity index (χ4v) is 1.64. The lowest BCUT2D eigenvalue weighted by Gasteiger charge is -2.19. The Balaban J connectivity index is 2.76. The largest absolute Gasteiger partial charge is 0.497 e. The van der Waals surface area contributed by atoms with E-state index < -0.39 is 6.04 Å². The van der Waals surface area contributed by atoms with E-state index in [0.717, 1.165) is 11.3 Å². The van der Waals surface area contributed by atoms with Gasteiger partial charge >= 0.3 is 5.97 Å². The third kappa shape index (κ3) is 3.60. The van der Waals surface area contributed by atoms with E-state index in [1.807, 2.05) is 31.2 Å². The molecule has 0 radical (unpaired) electrons. The predicted molar refractivity (Wildman–Crippen MR) is 70.5 cm³/mol. The molecular formula is C14H19NO3. The fourth-order valence-electron chi connectivity index (χ4n) is 1.64. The Hall–Kier alpha value is -1.81. The Bertz CT molecular complexity index is 417. The summed E-state index contributed by atoms with van der Waals surface area (Å²) in [6, 6.07) is 7.15. The van der Waals surface area contributed by atoms with Gasteiger partial charge in [-0.3, -0.25) is 10.1 Å². The fraction of sp³-hybridized carbons (Fsp3) is 0.357. The lowest BCUT2D eigenvalue weighted by molar-refractivity contribution is -0.141. The highest BCUT2D eigenvalue weighted by molar-refractivity contribution is 5.77. The maximum Gasteiger partial charge on any atom is 0.326 e. The summed E-state index contributed by atoms with van der Waals surface area (Å²) in [5.41, 5.74) is 1.03. The molecular weight excluding hydrogens is 230 g/mol. The molecule has 0 amide bonds. The molecule has 98 valence electrons. The van der Waals surface area contributed by atoms with Gasteiger partial charge in [0, 0.05) is 6.04 Å². The molecule has 0 aliphatic carbocycles. The van der Waals surface area contributed by atoms with Gasteiger partial charge in [0.25, 0.3) is 0 Å². The maximum atomic E-state index is 11.5. The first-order valence-electron chi connectivity index (χ1n) is 5.72. The number of esters is 1. The van der Waals surface area contributed by atoms with Gasteiger partial charge in [0.1, 0.15) is 11.8 Å². The monoisotopic (exact) mass is 249 g/mol. The summed E-state index contributed by atoms with van der Waals surface area (Å²) in [4.78, 5) is 11.5. The Kier molecular flexibility index (Phi) is 5.39. The minimum atomic E-state index is -0.517. The Morgan fingerprint density at radius 3 is 2.72 bits per heavy atom. The van der Waals surface area contributed by atoms with E-state index in [1.165, 1.54) is 13.2 Å². The summed E-state index contributed by atoms with van der Waals surface area (Å²) in [7, 11) is 2.98. The number of nitrogens with one attached hydrogen (secondary N) is 1. The summed E-state index contributed by atoms with van der Waals surface area (Å²) < 4.78 is 9.85. The lowest BCUT2D eigenvalue weighted by atomic mass is 10.1. The Morgan fingerprint density at radius 1 is 1.44 bits per heavy atom. The van der Waals surface area contributed by atoms with Crippen LogP contribution >= 0.6 is 0 Å². The third-order valence-electron chi connectivity index (χ3n) is 2.71. The molecule has 4 nitrogen and oxygen atoms in total. The quantitative estimate of drug-likeness (QED) is 0.619. The van der Waals surface area contributed by atoms with Crippen LogP contribution in [0, 0.1) is 0 Å². The first-order valence-corrected chi connectivity index (χ1v) is 5.72. The van der Waals surface area contributed by atoms with E-state index in [0.29, 0.717) is 0 Å². The van der Waals surface area contributed by atoms with Gasteiger partial charge in [0.05, 0.1) is 14.2 Å². The molecule has 4 heteroatoms. The number of hydrogen-bond donors (Lipinski definition) is 1. The van der Waals surface area contributed by atoms with Crippen LogP contribution in [0.4, 0.5) is 0 Å². The number of rotatable bonds is 6. The zero-order chi connectivity index (χ0) is 13.5. The third-order valence-corrected chi connectivity index (χ3v) is 2.71. The highest BCUT2D eigenvalue weighted by atomic mass is 16.5. The Morgan fingerprint density at radius 2 is 2.17 bits per heavy atom. The second kappa shape index (κ2) is 6.81. The summed E-state index contributed by atoms with van der Waals surface area (Å²) in [6.45, 7) is 5.59. The first-order chi connectivity index (χ1) is 8.62. The second-order valence-corrected chi connectivity index (χ2v) is 3.90. The molecule has 18 heavy (non-hydrogen) atoms. The predicted octanol–water partition coefficient (Wildman–Crippen LogP) is 2.07. The summed E-state index contributed by atoms with van der Waals surface area (Å²) in [5.74, 6) is 0.439. The van der Waals surface area contributed by atoms with Gasteiger partial charge in [-0.25, -0.2) is 0 Å². The highest BCUT2D eigenvalue weighted by Crippen LogP contribution is 2.19. The SMILES string of the molecule is C=CC(N[C@@H](C)c1cccc(OC)c1)C(=O)OC. The molecule has 0 aliphatic rings. The second-order valence-electron chi connectivity index (χ2n) is 3.90. The number of ether oxygens (including phenoxy) is 2. The van der Waals surface area contributed by atoms with Crippen LogP contribution in [0.2, 0.25) is 0 Å². The van der Waals surface area contributed by atoms with Crippen molar-refractivity contribution in [2.45, 2.75) is 19.0 Å². The summed E-state index contributed by atoms with van der Waals surface area (Å²) in [5, 5.41) is 3.14.